The van der Waals surface area contributed by atoms with Crippen molar-refractivity contribution in [3.05, 3.63) is 78.2 Å². The highest BCUT2D eigenvalue weighted by molar-refractivity contribution is 5.95. The maximum absolute atomic E-state index is 12.3. The van der Waals surface area contributed by atoms with Gasteiger partial charge < -0.3 is 10.6 Å². The number of nitrogens with one attached hydrogen (secondary N) is 2. The number of hydrogen-bond donors (Lipinski definition) is 2. The van der Waals surface area contributed by atoms with Gasteiger partial charge in [-0.25, -0.2) is 4.98 Å². The molecule has 7 nitrogen and oxygen atoms in total. The SMILES string of the molecule is O=C(NC1CC1)c1ccc(-c2cn3c(-c4ccc(C(=O)NC5CC5)cc4)cnc3cn2)cc1. The lowest BCUT2D eigenvalue weighted by Crippen LogP contribution is -2.25. The lowest BCUT2D eigenvalue weighted by atomic mass is 10.1. The van der Waals surface area contributed by atoms with E-state index >= 15 is 0 Å². The Kier molecular flexibility index (Phi) is 4.68. The van der Waals surface area contributed by atoms with Gasteiger partial charge in [0.25, 0.3) is 11.8 Å². The topological polar surface area (TPSA) is 88.4 Å². The number of aromatic nitrogens is 3. The quantitative estimate of drug-likeness (QED) is 0.480. The van der Waals surface area contributed by atoms with Crippen LogP contribution in [0.5, 0.6) is 0 Å². The Bertz CT molecular complexity index is 1350. The fourth-order valence-electron chi connectivity index (χ4n) is 3.83. The molecule has 0 saturated heterocycles. The predicted molar refractivity (Wildman–Crippen MR) is 125 cm³/mol. The second kappa shape index (κ2) is 7.85. The summed E-state index contributed by atoms with van der Waals surface area (Å²) >= 11 is 0. The Hall–Kier alpha value is -4.00. The van der Waals surface area contributed by atoms with E-state index in [4.69, 9.17) is 0 Å². The number of benzene rings is 2. The van der Waals surface area contributed by atoms with Crippen molar-refractivity contribution in [3.63, 3.8) is 0 Å². The van der Waals surface area contributed by atoms with Crippen LogP contribution < -0.4 is 10.6 Å². The molecule has 2 aromatic heterocycles. The third-order valence-electron chi connectivity index (χ3n) is 6.11. The van der Waals surface area contributed by atoms with Crippen LogP contribution in [0.2, 0.25) is 0 Å². The first kappa shape index (κ1) is 19.7. The summed E-state index contributed by atoms with van der Waals surface area (Å²) in [5.41, 5.74) is 5.65. The molecular formula is C26H23N5O2. The van der Waals surface area contributed by atoms with Crippen molar-refractivity contribution in [2.45, 2.75) is 37.8 Å². The summed E-state index contributed by atoms with van der Waals surface area (Å²) in [4.78, 5) is 33.5. The maximum Gasteiger partial charge on any atom is 0.251 e. The Morgan fingerprint density at radius 2 is 1.27 bits per heavy atom. The van der Waals surface area contributed by atoms with E-state index in [-0.39, 0.29) is 11.8 Å². The van der Waals surface area contributed by atoms with Gasteiger partial charge in [-0.15, -0.1) is 0 Å². The fraction of sp³-hybridized carbons (Fsp3) is 0.231. The van der Waals surface area contributed by atoms with Gasteiger partial charge in [0.1, 0.15) is 0 Å². The van der Waals surface area contributed by atoms with Crippen molar-refractivity contribution < 1.29 is 9.59 Å². The number of imidazole rings is 1. The molecule has 2 heterocycles. The van der Waals surface area contributed by atoms with E-state index in [0.29, 0.717) is 23.2 Å². The predicted octanol–water partition coefficient (Wildman–Crippen LogP) is 3.85. The summed E-state index contributed by atoms with van der Waals surface area (Å²) in [7, 11) is 0. The zero-order valence-corrected chi connectivity index (χ0v) is 18.0. The van der Waals surface area contributed by atoms with Crippen LogP contribution >= 0.6 is 0 Å². The van der Waals surface area contributed by atoms with E-state index in [9.17, 15) is 9.59 Å². The minimum Gasteiger partial charge on any atom is -0.349 e. The Balaban J connectivity index is 1.26. The summed E-state index contributed by atoms with van der Waals surface area (Å²) in [6.45, 7) is 0. The molecule has 0 spiro atoms. The Morgan fingerprint density at radius 1 is 0.727 bits per heavy atom. The minimum atomic E-state index is -0.0291. The summed E-state index contributed by atoms with van der Waals surface area (Å²) in [6, 6.07) is 15.8. The molecule has 0 atom stereocenters. The standard InChI is InChI=1S/C26H23N5O2/c32-25(29-20-9-10-20)18-5-1-16(2-6-18)22-15-31-23(13-28-24(31)14-27-22)17-3-7-19(8-4-17)26(33)30-21-11-12-21/h1-8,13-15,20-21H,9-12H2,(H,29,32)(H,30,33). The van der Waals surface area contributed by atoms with Crippen LogP contribution in [0.25, 0.3) is 28.2 Å². The number of hydrogen-bond acceptors (Lipinski definition) is 4. The van der Waals surface area contributed by atoms with Crippen molar-refractivity contribution in [3.8, 4) is 22.5 Å². The van der Waals surface area contributed by atoms with Gasteiger partial charge in [0, 0.05) is 40.5 Å². The minimum absolute atomic E-state index is 0.0251. The van der Waals surface area contributed by atoms with Crippen LogP contribution in [0.4, 0.5) is 0 Å². The normalized spacial score (nSPS) is 15.4. The molecule has 33 heavy (non-hydrogen) atoms. The molecule has 0 unspecified atom stereocenters. The van der Waals surface area contributed by atoms with Gasteiger partial charge in [-0.1, -0.05) is 24.3 Å². The second-order valence-corrected chi connectivity index (χ2v) is 8.79. The summed E-state index contributed by atoms with van der Waals surface area (Å²) in [6.07, 6.45) is 9.77. The van der Waals surface area contributed by atoms with Crippen molar-refractivity contribution >= 4 is 17.5 Å². The molecule has 2 aromatic carbocycles. The number of nitrogens with zero attached hydrogens (tertiary/aromatic N) is 3. The van der Waals surface area contributed by atoms with E-state index in [1.54, 1.807) is 6.20 Å². The second-order valence-electron chi connectivity index (χ2n) is 8.79. The zero-order valence-electron chi connectivity index (χ0n) is 18.0. The third kappa shape index (κ3) is 4.09. The molecular weight excluding hydrogens is 414 g/mol. The Morgan fingerprint density at radius 3 is 1.82 bits per heavy atom. The summed E-state index contributed by atoms with van der Waals surface area (Å²) in [5.74, 6) is -0.0541. The first-order valence-electron chi connectivity index (χ1n) is 11.3. The van der Waals surface area contributed by atoms with E-state index in [1.807, 2.05) is 65.3 Å². The van der Waals surface area contributed by atoms with E-state index < -0.39 is 0 Å². The molecule has 7 heteroatoms. The largest absolute Gasteiger partial charge is 0.349 e. The van der Waals surface area contributed by atoms with E-state index in [2.05, 4.69) is 20.6 Å². The molecule has 2 fully saturated rings. The smallest absolute Gasteiger partial charge is 0.251 e. The zero-order chi connectivity index (χ0) is 22.4. The number of rotatable bonds is 6. The maximum atomic E-state index is 12.3. The summed E-state index contributed by atoms with van der Waals surface area (Å²) < 4.78 is 2.00. The molecule has 2 aliphatic carbocycles. The van der Waals surface area contributed by atoms with E-state index in [0.717, 1.165) is 53.8 Å². The van der Waals surface area contributed by atoms with Crippen LogP contribution in [-0.4, -0.2) is 38.3 Å². The molecule has 2 saturated carbocycles. The Labute approximate surface area is 190 Å². The molecule has 0 radical (unpaired) electrons. The average Bonchev–Trinajstić information content (AvgIpc) is 3.78. The van der Waals surface area contributed by atoms with Gasteiger partial charge in [-0.3, -0.25) is 19.0 Å². The molecule has 6 rings (SSSR count). The number of fused-ring (bicyclic) bond motifs is 1. The first-order chi connectivity index (χ1) is 16.1. The number of carbonyl (C=O) groups excluding carboxylic acids is 2. The number of amides is 2. The van der Waals surface area contributed by atoms with Crippen molar-refractivity contribution in [1.29, 1.82) is 0 Å². The highest BCUT2D eigenvalue weighted by Gasteiger charge is 2.24. The molecule has 164 valence electrons. The van der Waals surface area contributed by atoms with Crippen LogP contribution in [0, 0.1) is 0 Å². The van der Waals surface area contributed by atoms with E-state index in [1.165, 1.54) is 0 Å². The van der Waals surface area contributed by atoms with Crippen molar-refractivity contribution in [2.24, 2.45) is 0 Å². The van der Waals surface area contributed by atoms with Gasteiger partial charge in [-0.2, -0.15) is 0 Å². The molecule has 2 aliphatic rings. The number of carbonyl (C=O) groups is 2. The average molecular weight is 438 g/mol. The molecule has 0 aliphatic heterocycles. The lowest BCUT2D eigenvalue weighted by Gasteiger charge is -2.08. The fourth-order valence-corrected chi connectivity index (χ4v) is 3.83. The van der Waals surface area contributed by atoms with Gasteiger partial charge in [0.05, 0.1) is 23.8 Å². The van der Waals surface area contributed by atoms with Gasteiger partial charge >= 0.3 is 0 Å². The summed E-state index contributed by atoms with van der Waals surface area (Å²) in [5, 5.41) is 6.02. The third-order valence-corrected chi connectivity index (χ3v) is 6.11. The van der Waals surface area contributed by atoms with Crippen molar-refractivity contribution in [2.75, 3.05) is 0 Å². The highest BCUT2D eigenvalue weighted by atomic mass is 16.2. The lowest BCUT2D eigenvalue weighted by molar-refractivity contribution is 0.0942. The van der Waals surface area contributed by atoms with Gasteiger partial charge in [0.2, 0.25) is 0 Å². The van der Waals surface area contributed by atoms with Crippen LogP contribution in [0.3, 0.4) is 0 Å². The first-order valence-corrected chi connectivity index (χ1v) is 11.3. The van der Waals surface area contributed by atoms with Crippen LogP contribution in [0.1, 0.15) is 46.4 Å². The molecule has 0 bridgehead atoms. The van der Waals surface area contributed by atoms with Crippen LogP contribution in [0.15, 0.2) is 67.1 Å². The van der Waals surface area contributed by atoms with Gasteiger partial charge in [-0.05, 0) is 49.9 Å². The molecule has 2 amide bonds. The molecule has 4 aromatic rings. The molecule has 2 N–H and O–H groups in total. The van der Waals surface area contributed by atoms with Crippen molar-refractivity contribution in [1.82, 2.24) is 25.0 Å². The highest BCUT2D eigenvalue weighted by Crippen LogP contribution is 2.25. The van der Waals surface area contributed by atoms with Gasteiger partial charge in [0.15, 0.2) is 5.65 Å². The monoisotopic (exact) mass is 437 g/mol. The van der Waals surface area contributed by atoms with Crippen LogP contribution in [-0.2, 0) is 0 Å².